The molecule has 249 valence electrons. The first-order valence-electron chi connectivity index (χ1n) is 16.3. The van der Waals surface area contributed by atoms with Gasteiger partial charge in [0.2, 0.25) is 0 Å². The standard InChI is InChI=1S/C28H24N3.C13H24O2.Ir/c1-17-9-18(2)12-22(11-17)27-28(23-13-19(3)10-20(4)14-23)31-26(16-30-27)25-15-24(29-6)8-7-21(25)5;1-5-10(6-2)12(14)9-13(15)11(7-3)8-4;/h7-11,13-16H,1-5H3;9-11,14H,5-8H2,1-4H3;/q-1;;. The Bertz CT molecular complexity index is 1700. The maximum atomic E-state index is 11.7. The summed E-state index contributed by atoms with van der Waals surface area (Å²) in [5, 5.41) is 9.76. The van der Waals surface area contributed by atoms with E-state index in [1.54, 1.807) is 0 Å². The first kappa shape index (κ1) is 39.3. The second-order valence-corrected chi connectivity index (χ2v) is 12.2. The molecule has 0 aliphatic heterocycles. The van der Waals surface area contributed by atoms with E-state index < -0.39 is 0 Å². The number of hydrogen-bond acceptors (Lipinski definition) is 4. The van der Waals surface area contributed by atoms with Crippen LogP contribution in [0.15, 0.2) is 66.6 Å². The summed E-state index contributed by atoms with van der Waals surface area (Å²) in [6.07, 6.45) is 6.71. The molecule has 0 spiro atoms. The smallest absolute Gasteiger partial charge is 0.187 e. The van der Waals surface area contributed by atoms with Gasteiger partial charge in [-0.3, -0.25) is 9.78 Å². The molecule has 0 saturated carbocycles. The summed E-state index contributed by atoms with van der Waals surface area (Å²) in [5.41, 5.74) is 11.6. The molecular formula is C41H48IrN3O2-. The normalized spacial score (nSPS) is 11.1. The van der Waals surface area contributed by atoms with Crippen molar-refractivity contribution in [3.8, 4) is 33.8 Å². The van der Waals surface area contributed by atoms with Crippen LogP contribution in [0.5, 0.6) is 0 Å². The molecule has 0 atom stereocenters. The van der Waals surface area contributed by atoms with Gasteiger partial charge >= 0.3 is 0 Å². The molecule has 6 heteroatoms. The van der Waals surface area contributed by atoms with Crippen LogP contribution >= 0.6 is 0 Å². The molecule has 1 N–H and O–H groups in total. The topological polar surface area (TPSA) is 67.4 Å². The summed E-state index contributed by atoms with van der Waals surface area (Å²) >= 11 is 0. The molecule has 0 aliphatic carbocycles. The number of aliphatic hydroxyl groups is 1. The maximum Gasteiger partial charge on any atom is 0.187 e. The SMILES string of the molecule is CCC(CC)C(=O)C=C(O)C(CC)CC.[C-]#[N+]c1ccc(C)c(-c2cnc(-c3[c-]c(C)cc(C)c3)c(-c3cc(C)cc(C)c3)n2)c1.[Ir]. The molecule has 1 heterocycles. The molecule has 1 radical (unpaired) electrons. The molecule has 0 unspecified atom stereocenters. The van der Waals surface area contributed by atoms with Gasteiger partial charge in [0.05, 0.1) is 23.7 Å². The molecule has 0 fully saturated rings. The van der Waals surface area contributed by atoms with Gasteiger partial charge in [0, 0.05) is 49.9 Å². The Balaban J connectivity index is 0.000000410. The van der Waals surface area contributed by atoms with Crippen LogP contribution in [0.4, 0.5) is 5.69 Å². The number of carbonyl (C=O) groups excluding carboxylic acids is 1. The number of ketones is 1. The Morgan fingerprint density at radius 3 is 2.00 bits per heavy atom. The molecule has 1 aromatic heterocycles. The quantitative estimate of drug-likeness (QED) is 0.0985. The van der Waals surface area contributed by atoms with Crippen molar-refractivity contribution in [1.82, 2.24) is 9.97 Å². The van der Waals surface area contributed by atoms with Gasteiger partial charge in [-0.2, -0.15) is 0 Å². The van der Waals surface area contributed by atoms with E-state index in [0.29, 0.717) is 5.69 Å². The third-order valence-corrected chi connectivity index (χ3v) is 8.38. The van der Waals surface area contributed by atoms with Crippen LogP contribution in [0.1, 0.15) is 81.2 Å². The monoisotopic (exact) mass is 807 g/mol. The van der Waals surface area contributed by atoms with Crippen LogP contribution in [0.2, 0.25) is 0 Å². The average molecular weight is 807 g/mol. The van der Waals surface area contributed by atoms with E-state index in [1.165, 1.54) is 22.8 Å². The van der Waals surface area contributed by atoms with Crippen LogP contribution in [0.25, 0.3) is 38.6 Å². The van der Waals surface area contributed by atoms with E-state index in [-0.39, 0.29) is 43.5 Å². The Morgan fingerprint density at radius 1 is 0.851 bits per heavy atom. The summed E-state index contributed by atoms with van der Waals surface area (Å²) in [7, 11) is 0. The fourth-order valence-electron chi connectivity index (χ4n) is 5.79. The number of benzene rings is 3. The zero-order chi connectivity index (χ0) is 34.0. The van der Waals surface area contributed by atoms with Crippen molar-refractivity contribution in [2.75, 3.05) is 0 Å². The zero-order valence-corrected chi connectivity index (χ0v) is 31.7. The predicted octanol–water partition coefficient (Wildman–Crippen LogP) is 11.2. The number of allylic oxidation sites excluding steroid dienone is 2. The van der Waals surface area contributed by atoms with E-state index in [4.69, 9.17) is 16.5 Å². The van der Waals surface area contributed by atoms with Crippen molar-refractivity contribution in [1.29, 1.82) is 0 Å². The van der Waals surface area contributed by atoms with E-state index in [2.05, 4.69) is 62.0 Å². The zero-order valence-electron chi connectivity index (χ0n) is 29.3. The van der Waals surface area contributed by atoms with Gasteiger partial charge in [-0.05, 0) is 69.2 Å². The third-order valence-electron chi connectivity index (χ3n) is 8.38. The van der Waals surface area contributed by atoms with E-state index >= 15 is 0 Å². The first-order valence-corrected chi connectivity index (χ1v) is 16.3. The predicted molar refractivity (Wildman–Crippen MR) is 191 cm³/mol. The van der Waals surface area contributed by atoms with E-state index in [9.17, 15) is 9.90 Å². The minimum absolute atomic E-state index is 0. The molecule has 0 amide bonds. The Hall–Kier alpha value is -3.91. The van der Waals surface area contributed by atoms with Crippen molar-refractivity contribution in [2.24, 2.45) is 11.8 Å². The van der Waals surface area contributed by atoms with Crippen LogP contribution in [-0.4, -0.2) is 20.9 Å². The molecule has 0 aliphatic rings. The number of aromatic nitrogens is 2. The maximum absolute atomic E-state index is 11.7. The van der Waals surface area contributed by atoms with Crippen molar-refractivity contribution in [3.63, 3.8) is 0 Å². The number of carbonyl (C=O) groups is 1. The molecule has 0 saturated heterocycles. The molecule has 47 heavy (non-hydrogen) atoms. The average Bonchev–Trinajstić information content (AvgIpc) is 3.01. The second kappa shape index (κ2) is 18.4. The number of rotatable bonds is 10. The number of aliphatic hydroxyl groups excluding tert-OH is 1. The van der Waals surface area contributed by atoms with Crippen LogP contribution in [-0.2, 0) is 24.9 Å². The van der Waals surface area contributed by atoms with Gasteiger partial charge in [0.25, 0.3) is 0 Å². The van der Waals surface area contributed by atoms with Gasteiger partial charge in [-0.15, -0.1) is 34.9 Å². The summed E-state index contributed by atoms with van der Waals surface area (Å²) in [4.78, 5) is 25.2. The Morgan fingerprint density at radius 2 is 1.45 bits per heavy atom. The van der Waals surface area contributed by atoms with Crippen molar-refractivity contribution < 1.29 is 30.0 Å². The first-order chi connectivity index (χ1) is 21.9. The summed E-state index contributed by atoms with van der Waals surface area (Å²) in [5.74, 6) is 0.547. The molecule has 4 rings (SSSR count). The van der Waals surface area contributed by atoms with Gasteiger partial charge in [0.1, 0.15) is 0 Å². The number of nitrogens with zero attached hydrogens (tertiary/aromatic N) is 3. The van der Waals surface area contributed by atoms with Crippen molar-refractivity contribution in [2.45, 2.75) is 88.0 Å². The molecule has 0 bridgehead atoms. The number of hydrogen-bond donors (Lipinski definition) is 1. The molecule has 5 nitrogen and oxygen atoms in total. The van der Waals surface area contributed by atoms with Crippen LogP contribution in [0, 0.1) is 59.1 Å². The molecule has 4 aromatic rings. The third kappa shape index (κ3) is 10.5. The van der Waals surface area contributed by atoms with Gasteiger partial charge in [-0.1, -0.05) is 83.0 Å². The fraction of sp³-hybridized carbons (Fsp3) is 0.366. The second-order valence-electron chi connectivity index (χ2n) is 12.2. The van der Waals surface area contributed by atoms with Crippen molar-refractivity contribution in [3.05, 3.63) is 112 Å². The Labute approximate surface area is 295 Å². The van der Waals surface area contributed by atoms with Gasteiger partial charge in [-0.25, -0.2) is 4.85 Å². The summed E-state index contributed by atoms with van der Waals surface area (Å²) in [6, 6.07) is 19.8. The summed E-state index contributed by atoms with van der Waals surface area (Å²) < 4.78 is 0. The van der Waals surface area contributed by atoms with E-state index in [0.717, 1.165) is 70.6 Å². The Kier molecular flexibility index (Phi) is 15.4. The van der Waals surface area contributed by atoms with E-state index in [1.807, 2.05) is 65.9 Å². The minimum atomic E-state index is 0. The molecular weight excluding hydrogens is 759 g/mol. The largest absolute Gasteiger partial charge is 0.512 e. The molecule has 3 aromatic carbocycles. The van der Waals surface area contributed by atoms with Crippen LogP contribution < -0.4 is 0 Å². The fourth-order valence-corrected chi connectivity index (χ4v) is 5.79. The number of aryl methyl sites for hydroxylation is 5. The van der Waals surface area contributed by atoms with Gasteiger partial charge in [0.15, 0.2) is 11.5 Å². The van der Waals surface area contributed by atoms with Crippen LogP contribution in [0.3, 0.4) is 0 Å². The summed E-state index contributed by atoms with van der Waals surface area (Å²) in [6.45, 7) is 25.8. The van der Waals surface area contributed by atoms with Gasteiger partial charge < -0.3 is 10.1 Å². The minimum Gasteiger partial charge on any atom is -0.512 e. The van der Waals surface area contributed by atoms with Crippen molar-refractivity contribution >= 4 is 11.5 Å².